The third kappa shape index (κ3) is 4.59. The number of aromatic nitrogens is 1. The van der Waals surface area contributed by atoms with Crippen molar-refractivity contribution in [2.24, 2.45) is 0 Å². The number of hydrogen-bond donors (Lipinski definition) is 1. The van der Waals surface area contributed by atoms with Crippen LogP contribution in [0.4, 0.5) is 5.69 Å². The molecule has 2 rings (SSSR count). The van der Waals surface area contributed by atoms with Crippen molar-refractivity contribution in [3.63, 3.8) is 0 Å². The number of nitro benzene ring substituents is 1. The van der Waals surface area contributed by atoms with Crippen LogP contribution in [-0.4, -0.2) is 39.1 Å². The highest BCUT2D eigenvalue weighted by Crippen LogP contribution is 2.27. The first-order valence-electron chi connectivity index (χ1n) is 6.85. The first-order valence-corrected chi connectivity index (χ1v) is 7.73. The van der Waals surface area contributed by atoms with E-state index in [2.05, 4.69) is 4.98 Å². The Morgan fingerprint density at radius 1 is 1.45 bits per heavy atom. The molecule has 0 aliphatic rings. The molecule has 0 atom stereocenters. The molecule has 0 radical (unpaired) electrons. The van der Waals surface area contributed by atoms with Crippen molar-refractivity contribution in [3.05, 3.63) is 45.5 Å². The van der Waals surface area contributed by atoms with E-state index in [1.54, 1.807) is 19.9 Å². The molecule has 22 heavy (non-hydrogen) atoms. The summed E-state index contributed by atoms with van der Waals surface area (Å²) in [7, 11) is 1.92. The number of thiazole rings is 1. The first-order chi connectivity index (χ1) is 10.2. The van der Waals surface area contributed by atoms with Crippen molar-refractivity contribution in [1.29, 1.82) is 0 Å². The van der Waals surface area contributed by atoms with E-state index in [0.29, 0.717) is 13.1 Å². The Kier molecular flexibility index (Phi) is 4.90. The summed E-state index contributed by atoms with van der Waals surface area (Å²) < 4.78 is 0. The molecule has 1 heterocycles. The minimum Gasteiger partial charge on any atom is -0.389 e. The van der Waals surface area contributed by atoms with E-state index < -0.39 is 10.5 Å². The summed E-state index contributed by atoms with van der Waals surface area (Å²) in [5.74, 6) is 0. The summed E-state index contributed by atoms with van der Waals surface area (Å²) in [5.41, 5.74) is 0.940. The lowest BCUT2D eigenvalue weighted by molar-refractivity contribution is -0.384. The van der Waals surface area contributed by atoms with Crippen molar-refractivity contribution in [1.82, 2.24) is 9.88 Å². The Balaban J connectivity index is 2.11. The zero-order valence-corrected chi connectivity index (χ0v) is 13.6. The maximum Gasteiger partial charge on any atom is 0.270 e. The van der Waals surface area contributed by atoms with Gasteiger partial charge in [-0.2, -0.15) is 0 Å². The highest BCUT2D eigenvalue weighted by atomic mass is 32.1. The molecule has 1 aromatic heterocycles. The molecule has 0 bridgehead atoms. The van der Waals surface area contributed by atoms with Crippen LogP contribution in [0.3, 0.4) is 0 Å². The predicted octanol–water partition coefficient (Wildman–Crippen LogP) is 2.92. The minimum absolute atomic E-state index is 0.0633. The van der Waals surface area contributed by atoms with Crippen LogP contribution in [0.25, 0.3) is 10.6 Å². The zero-order chi connectivity index (χ0) is 16.3. The lowest BCUT2D eigenvalue weighted by atomic mass is 10.1. The SMILES string of the molecule is CN(Cc1csc(-c2cccc([N+](=O)[O-])c2)n1)CC(C)(C)O. The Morgan fingerprint density at radius 3 is 2.82 bits per heavy atom. The van der Waals surface area contributed by atoms with Gasteiger partial charge in [-0.3, -0.25) is 15.0 Å². The van der Waals surface area contributed by atoms with Gasteiger partial charge < -0.3 is 5.11 Å². The predicted molar refractivity (Wildman–Crippen MR) is 86.8 cm³/mol. The molecule has 118 valence electrons. The van der Waals surface area contributed by atoms with Crippen LogP contribution in [0.1, 0.15) is 19.5 Å². The van der Waals surface area contributed by atoms with Gasteiger partial charge in [-0.05, 0) is 20.9 Å². The molecule has 0 amide bonds. The minimum atomic E-state index is -0.756. The average Bonchev–Trinajstić information content (AvgIpc) is 2.85. The molecule has 7 heteroatoms. The van der Waals surface area contributed by atoms with E-state index in [0.717, 1.165) is 16.3 Å². The summed E-state index contributed by atoms with van der Waals surface area (Å²) in [6.07, 6.45) is 0. The number of likely N-dealkylation sites (N-methyl/N-ethyl adjacent to an activating group) is 1. The molecule has 0 saturated heterocycles. The van der Waals surface area contributed by atoms with Crippen LogP contribution in [-0.2, 0) is 6.54 Å². The lowest BCUT2D eigenvalue weighted by Gasteiger charge is -2.24. The normalized spacial score (nSPS) is 11.9. The van der Waals surface area contributed by atoms with Gasteiger partial charge in [0.15, 0.2) is 0 Å². The molecule has 1 N–H and O–H groups in total. The highest BCUT2D eigenvalue weighted by molar-refractivity contribution is 7.13. The zero-order valence-electron chi connectivity index (χ0n) is 12.8. The molecular formula is C15H19N3O3S. The Labute approximate surface area is 133 Å². The average molecular weight is 321 g/mol. The van der Waals surface area contributed by atoms with Crippen molar-refractivity contribution >= 4 is 17.0 Å². The summed E-state index contributed by atoms with van der Waals surface area (Å²) in [6, 6.07) is 6.48. The summed E-state index contributed by atoms with van der Waals surface area (Å²) in [5, 5.41) is 23.3. The fraction of sp³-hybridized carbons (Fsp3) is 0.400. The number of rotatable bonds is 6. The number of nitrogens with zero attached hydrogens (tertiary/aromatic N) is 3. The molecule has 1 aromatic carbocycles. The van der Waals surface area contributed by atoms with Gasteiger partial charge in [-0.25, -0.2) is 4.98 Å². The second kappa shape index (κ2) is 6.51. The van der Waals surface area contributed by atoms with Gasteiger partial charge in [0.25, 0.3) is 5.69 Å². The van der Waals surface area contributed by atoms with Crippen LogP contribution >= 0.6 is 11.3 Å². The van der Waals surface area contributed by atoms with E-state index in [1.165, 1.54) is 23.5 Å². The van der Waals surface area contributed by atoms with Gasteiger partial charge in [0.2, 0.25) is 0 Å². The molecule has 6 nitrogen and oxygen atoms in total. The molecule has 0 aliphatic heterocycles. The van der Waals surface area contributed by atoms with Crippen molar-refractivity contribution in [3.8, 4) is 10.6 Å². The third-order valence-electron chi connectivity index (χ3n) is 2.94. The number of hydrogen-bond acceptors (Lipinski definition) is 6. The second-order valence-electron chi connectivity index (χ2n) is 5.94. The monoisotopic (exact) mass is 321 g/mol. The quantitative estimate of drug-likeness (QED) is 0.653. The van der Waals surface area contributed by atoms with Crippen LogP contribution < -0.4 is 0 Å². The molecule has 0 fully saturated rings. The van der Waals surface area contributed by atoms with Crippen molar-refractivity contribution in [2.75, 3.05) is 13.6 Å². The van der Waals surface area contributed by atoms with Crippen LogP contribution in [0, 0.1) is 10.1 Å². The molecule has 0 spiro atoms. The van der Waals surface area contributed by atoms with E-state index >= 15 is 0 Å². The topological polar surface area (TPSA) is 79.5 Å². The summed E-state index contributed by atoms with van der Waals surface area (Å²) in [4.78, 5) is 16.9. The maximum atomic E-state index is 10.8. The molecule has 0 aliphatic carbocycles. The third-order valence-corrected chi connectivity index (χ3v) is 3.88. The van der Waals surface area contributed by atoms with Crippen LogP contribution in [0.2, 0.25) is 0 Å². The Hall–Kier alpha value is -1.83. The number of nitro groups is 1. The van der Waals surface area contributed by atoms with Gasteiger partial charge in [0.05, 0.1) is 16.2 Å². The first kappa shape index (κ1) is 16.5. The van der Waals surface area contributed by atoms with Crippen molar-refractivity contribution < 1.29 is 10.0 Å². The smallest absolute Gasteiger partial charge is 0.270 e. The second-order valence-corrected chi connectivity index (χ2v) is 6.79. The molecule has 2 aromatic rings. The van der Waals surface area contributed by atoms with Crippen LogP contribution in [0.15, 0.2) is 29.6 Å². The van der Waals surface area contributed by atoms with Crippen molar-refractivity contribution in [2.45, 2.75) is 26.0 Å². The van der Waals surface area contributed by atoms with Gasteiger partial charge in [-0.15, -0.1) is 11.3 Å². The Bertz CT molecular complexity index is 664. The Morgan fingerprint density at radius 2 is 2.18 bits per heavy atom. The molecule has 0 saturated carbocycles. The lowest BCUT2D eigenvalue weighted by Crippen LogP contribution is -2.35. The fourth-order valence-electron chi connectivity index (χ4n) is 2.26. The standard InChI is InChI=1S/C15H19N3O3S/c1-15(2,19)10-17(3)8-12-9-22-14(16-12)11-5-4-6-13(7-11)18(20)21/h4-7,9,19H,8,10H2,1-3H3. The van der Waals surface area contributed by atoms with Gasteiger partial charge in [-0.1, -0.05) is 12.1 Å². The van der Waals surface area contributed by atoms with E-state index in [9.17, 15) is 15.2 Å². The van der Waals surface area contributed by atoms with Gasteiger partial charge in [0, 0.05) is 36.2 Å². The largest absolute Gasteiger partial charge is 0.389 e. The van der Waals surface area contributed by atoms with Crippen LogP contribution in [0.5, 0.6) is 0 Å². The van der Waals surface area contributed by atoms with Gasteiger partial charge >= 0.3 is 0 Å². The molecular weight excluding hydrogens is 302 g/mol. The maximum absolute atomic E-state index is 10.8. The van der Waals surface area contributed by atoms with Gasteiger partial charge in [0.1, 0.15) is 5.01 Å². The summed E-state index contributed by atoms with van der Waals surface area (Å²) in [6.45, 7) is 4.68. The number of non-ortho nitro benzene ring substituents is 1. The van der Waals surface area contributed by atoms with E-state index in [1.807, 2.05) is 23.4 Å². The number of benzene rings is 1. The fourth-order valence-corrected chi connectivity index (χ4v) is 3.07. The summed E-state index contributed by atoms with van der Waals surface area (Å²) >= 11 is 1.46. The van der Waals surface area contributed by atoms with E-state index in [4.69, 9.17) is 0 Å². The highest BCUT2D eigenvalue weighted by Gasteiger charge is 2.17. The number of aliphatic hydroxyl groups is 1. The van der Waals surface area contributed by atoms with E-state index in [-0.39, 0.29) is 5.69 Å². The molecule has 0 unspecified atom stereocenters.